The van der Waals surface area contributed by atoms with Crippen LogP contribution in [0.4, 0.5) is 4.79 Å². The van der Waals surface area contributed by atoms with Gasteiger partial charge < -0.3 is 10.1 Å². The van der Waals surface area contributed by atoms with Crippen molar-refractivity contribution in [1.82, 2.24) is 20.3 Å². The summed E-state index contributed by atoms with van der Waals surface area (Å²) in [6, 6.07) is 15.7. The van der Waals surface area contributed by atoms with Crippen LogP contribution in [0.3, 0.4) is 0 Å². The average molecular weight is 451 g/mol. The molecule has 0 saturated heterocycles. The summed E-state index contributed by atoms with van der Waals surface area (Å²) in [4.78, 5) is 14.1. The molecule has 1 amide bonds. The van der Waals surface area contributed by atoms with Crippen molar-refractivity contribution in [2.45, 2.75) is 46.0 Å². The minimum atomic E-state index is -0.501. The summed E-state index contributed by atoms with van der Waals surface area (Å²) in [7, 11) is 0. The number of nitrogens with zero attached hydrogens (tertiary/aromatic N) is 6. The largest absolute Gasteiger partial charge is 2.00 e. The minimum Gasteiger partial charge on any atom is -0.444 e. The molecule has 0 fully saturated rings. The number of ether oxygens (including phenoxy) is 1. The first kappa shape index (κ1) is 25.0. The van der Waals surface area contributed by atoms with Gasteiger partial charge in [0.1, 0.15) is 11.3 Å². The Kier molecular flexibility index (Phi) is 10.4. The predicted octanol–water partition coefficient (Wildman–Crippen LogP) is 4.28. The number of nitrogens with one attached hydrogen (secondary N) is 1. The number of hydrogen-bond donors (Lipinski definition) is 1. The molecule has 0 aliphatic carbocycles. The van der Waals surface area contributed by atoms with Gasteiger partial charge in [0.2, 0.25) is 0 Å². The van der Waals surface area contributed by atoms with Gasteiger partial charge in [0, 0.05) is 18.0 Å². The quantitative estimate of drug-likeness (QED) is 0.198. The number of rotatable bonds is 6. The molecule has 1 heterocycles. The number of aromatic nitrogens is 3. The third kappa shape index (κ3) is 9.93. The smallest absolute Gasteiger partial charge is 0.444 e. The normalized spacial score (nSPS) is 10.1. The summed E-state index contributed by atoms with van der Waals surface area (Å²) >= 11 is 0. The van der Waals surface area contributed by atoms with E-state index in [0.717, 1.165) is 5.56 Å². The molecule has 0 aliphatic rings. The summed E-state index contributed by atoms with van der Waals surface area (Å²) in [5.41, 5.74) is 10.4. The van der Waals surface area contributed by atoms with E-state index in [2.05, 4.69) is 25.7 Å². The number of amides is 1. The average Bonchev–Trinajstić information content (AvgIpc) is 3.41. The third-order valence-electron chi connectivity index (χ3n) is 3.52. The predicted molar refractivity (Wildman–Crippen MR) is 109 cm³/mol. The van der Waals surface area contributed by atoms with Gasteiger partial charge in [-0.25, -0.2) is 33.7 Å². The molecule has 1 N–H and O–H groups in total. The third-order valence-corrected chi connectivity index (χ3v) is 3.52. The second-order valence-electron chi connectivity index (χ2n) is 7.24. The number of alkyl carbamates (subject to hydrolysis) is 1. The first-order valence-corrected chi connectivity index (χ1v) is 9.13. The Morgan fingerprint density at radius 3 is 2.50 bits per heavy atom. The van der Waals surface area contributed by atoms with Crippen molar-refractivity contribution in [2.75, 3.05) is 0 Å². The van der Waals surface area contributed by atoms with Gasteiger partial charge in [0.15, 0.2) is 0 Å². The van der Waals surface area contributed by atoms with Crippen LogP contribution in [-0.2, 0) is 41.4 Å². The van der Waals surface area contributed by atoms with Crippen molar-refractivity contribution in [3.05, 3.63) is 82.0 Å². The zero-order valence-electron chi connectivity index (χ0n) is 17.2. The molecule has 160 valence electrons. The maximum atomic E-state index is 11.5. The molecular formula is C20H25FeN7O2. The molecule has 0 radical (unpaired) electrons. The van der Waals surface area contributed by atoms with E-state index in [1.165, 1.54) is 5.56 Å². The van der Waals surface area contributed by atoms with Crippen LogP contribution in [0, 0.1) is 0 Å². The number of hydrogen-bond acceptors (Lipinski definition) is 5. The van der Waals surface area contributed by atoms with Gasteiger partial charge in [-0.15, -0.1) is 10.7 Å². The Hall–Kier alpha value is -3.06. The molecule has 9 nitrogen and oxygen atoms in total. The Morgan fingerprint density at radius 1 is 1.27 bits per heavy atom. The Morgan fingerprint density at radius 2 is 1.93 bits per heavy atom. The van der Waals surface area contributed by atoms with Gasteiger partial charge in [0.05, 0.1) is 12.7 Å². The van der Waals surface area contributed by atoms with Gasteiger partial charge >= 0.3 is 23.2 Å². The van der Waals surface area contributed by atoms with E-state index in [9.17, 15) is 4.79 Å². The molecular weight excluding hydrogens is 426 g/mol. The van der Waals surface area contributed by atoms with E-state index in [1.54, 1.807) is 4.68 Å². The van der Waals surface area contributed by atoms with E-state index in [1.807, 2.05) is 75.5 Å². The monoisotopic (exact) mass is 451 g/mol. The van der Waals surface area contributed by atoms with Crippen molar-refractivity contribution in [2.24, 2.45) is 5.11 Å². The van der Waals surface area contributed by atoms with Crippen LogP contribution in [0.25, 0.3) is 10.4 Å². The van der Waals surface area contributed by atoms with Crippen molar-refractivity contribution < 1.29 is 26.6 Å². The van der Waals surface area contributed by atoms with Gasteiger partial charge in [-0.3, -0.25) is 0 Å². The fourth-order valence-electron chi connectivity index (χ4n) is 2.31. The van der Waals surface area contributed by atoms with Gasteiger partial charge in [0.25, 0.3) is 0 Å². The van der Waals surface area contributed by atoms with Gasteiger partial charge in [-0.1, -0.05) is 10.3 Å². The summed E-state index contributed by atoms with van der Waals surface area (Å²) in [5, 5.41) is 14.1. The molecule has 3 aromatic rings. The summed E-state index contributed by atoms with van der Waals surface area (Å²) < 4.78 is 6.88. The second-order valence-corrected chi connectivity index (χ2v) is 7.24. The molecule has 0 atom stereocenters. The first-order chi connectivity index (χ1) is 13.9. The molecule has 1 aromatic heterocycles. The second kappa shape index (κ2) is 12.5. The van der Waals surface area contributed by atoms with Gasteiger partial charge in [-0.2, -0.15) is 29.8 Å². The van der Waals surface area contributed by atoms with Crippen LogP contribution in [0.1, 0.15) is 37.6 Å². The maximum absolute atomic E-state index is 11.5. The number of carbonyl (C=O) groups excluding carboxylic acids is 1. The molecule has 3 rings (SSSR count). The first-order valence-electron chi connectivity index (χ1n) is 9.13. The molecule has 10 heteroatoms. The zero-order valence-corrected chi connectivity index (χ0v) is 18.3. The fourth-order valence-corrected chi connectivity index (χ4v) is 2.31. The topological polar surface area (TPSA) is 118 Å². The summed E-state index contributed by atoms with van der Waals surface area (Å²) in [6.07, 6.45) is 1.35. The molecule has 0 aliphatic heterocycles. The van der Waals surface area contributed by atoms with Crippen molar-refractivity contribution in [3.8, 4) is 0 Å². The molecule has 0 saturated carbocycles. The van der Waals surface area contributed by atoms with E-state index in [4.69, 9.17) is 10.3 Å². The van der Waals surface area contributed by atoms with E-state index >= 15 is 0 Å². The number of azide groups is 1. The molecule has 0 unspecified atom stereocenters. The Labute approximate surface area is 186 Å². The van der Waals surface area contributed by atoms with Crippen LogP contribution in [-0.4, -0.2) is 26.7 Å². The molecule has 0 spiro atoms. The van der Waals surface area contributed by atoms with Crippen LogP contribution >= 0.6 is 0 Å². The van der Waals surface area contributed by atoms with Gasteiger partial charge in [-0.05, 0) is 26.3 Å². The zero-order chi connectivity index (χ0) is 21.1. The molecule has 2 aromatic carbocycles. The standard InChI is InChI=1S/C14H19N4O2.C6H6N3.Fe/c1-14(2,3)20-13(19)15-8-12-10-18(17-16-12)9-11-6-4-5-7-11;7-9-8-5-6-3-1-2-4-6;/h4-7,10H,8-9H2,1-3H3,(H,15,19);1-4H,5H2;/q2*-1;+2. The van der Waals surface area contributed by atoms with E-state index in [-0.39, 0.29) is 17.1 Å². The van der Waals surface area contributed by atoms with Crippen LogP contribution in [0.2, 0.25) is 0 Å². The minimum absolute atomic E-state index is 0. The van der Waals surface area contributed by atoms with Crippen molar-refractivity contribution in [1.29, 1.82) is 0 Å². The van der Waals surface area contributed by atoms with Crippen molar-refractivity contribution >= 4 is 6.09 Å². The van der Waals surface area contributed by atoms with E-state index in [0.29, 0.717) is 25.3 Å². The van der Waals surface area contributed by atoms with Crippen molar-refractivity contribution in [3.63, 3.8) is 0 Å². The van der Waals surface area contributed by atoms with Crippen LogP contribution < -0.4 is 5.32 Å². The summed E-state index contributed by atoms with van der Waals surface area (Å²) in [6.45, 7) is 6.90. The summed E-state index contributed by atoms with van der Waals surface area (Å²) in [5.74, 6) is 0. The maximum Gasteiger partial charge on any atom is 2.00 e. The Balaban J connectivity index is 0.000000379. The fraction of sp³-hybridized carbons (Fsp3) is 0.350. The molecule has 0 bridgehead atoms. The van der Waals surface area contributed by atoms with Crippen LogP contribution in [0.15, 0.2) is 59.8 Å². The SMILES string of the molecule is CC(C)(C)OC(=O)NCc1cn(Cc2ccc[cH-]2)nn1.[Fe+2].[N-]=[N+]=NCc1ccc[cH-]1. The Bertz CT molecular complexity index is 906. The van der Waals surface area contributed by atoms with E-state index < -0.39 is 11.7 Å². The van der Waals surface area contributed by atoms with Crippen LogP contribution in [0.5, 0.6) is 0 Å². The number of carbonyl (C=O) groups is 1. The molecule has 30 heavy (non-hydrogen) atoms.